The molecule has 2 atom stereocenters. The molecule has 4 rings (SSSR count). The van der Waals surface area contributed by atoms with E-state index in [1.165, 1.54) is 16.9 Å². The van der Waals surface area contributed by atoms with Crippen molar-refractivity contribution >= 4 is 56.7 Å². The van der Waals surface area contributed by atoms with Gasteiger partial charge >= 0.3 is 0 Å². The van der Waals surface area contributed by atoms with Crippen LogP contribution in [0.15, 0.2) is 18.2 Å². The average Bonchev–Trinajstić information content (AvgIpc) is 3.34. The lowest BCUT2D eigenvalue weighted by atomic mass is 10.1. The summed E-state index contributed by atoms with van der Waals surface area (Å²) in [7, 11) is 0. The summed E-state index contributed by atoms with van der Waals surface area (Å²) in [6.45, 7) is 7.99. The molecule has 2 fully saturated rings. The predicted molar refractivity (Wildman–Crippen MR) is 127 cm³/mol. The van der Waals surface area contributed by atoms with E-state index in [9.17, 15) is 9.90 Å². The summed E-state index contributed by atoms with van der Waals surface area (Å²) >= 11 is 9.28. The van der Waals surface area contributed by atoms with E-state index >= 15 is 0 Å². The molecule has 0 radical (unpaired) electrons. The second-order valence-electron chi connectivity index (χ2n) is 8.16. The number of fused-ring (bicyclic) bond motifs is 1. The molecule has 164 valence electrons. The standard InChI is InChI=1S/C21H29ClN4O2S2/c1-15(13-27)19-21(28)26(14-29-19)7-3-2-6-24-8-10-25(11-9-24)20-17-5-4-16(22)12-18(17)30-23-20/h4-5,12,15,19,27H,2-3,6-11,13-14H2,1H3. The van der Waals surface area contributed by atoms with Crippen LogP contribution in [0.25, 0.3) is 10.1 Å². The quantitative estimate of drug-likeness (QED) is 0.599. The minimum atomic E-state index is -0.0686. The third-order valence-electron chi connectivity index (χ3n) is 6.01. The molecule has 1 N–H and O–H groups in total. The van der Waals surface area contributed by atoms with E-state index in [4.69, 9.17) is 11.6 Å². The van der Waals surface area contributed by atoms with Crippen molar-refractivity contribution in [1.29, 1.82) is 0 Å². The Hall–Kier alpha value is -1.06. The summed E-state index contributed by atoms with van der Waals surface area (Å²) in [6, 6.07) is 6.01. The Morgan fingerprint density at radius 1 is 1.23 bits per heavy atom. The predicted octanol–water partition coefficient (Wildman–Crippen LogP) is 3.38. The highest BCUT2D eigenvalue weighted by Gasteiger charge is 2.35. The zero-order valence-electron chi connectivity index (χ0n) is 17.3. The molecule has 2 unspecified atom stereocenters. The number of aliphatic hydroxyl groups is 1. The monoisotopic (exact) mass is 468 g/mol. The normalized spacial score (nSPS) is 21.7. The fourth-order valence-corrected chi connectivity index (χ4v) is 6.49. The lowest BCUT2D eigenvalue weighted by Crippen LogP contribution is -2.46. The zero-order chi connectivity index (χ0) is 21.1. The van der Waals surface area contributed by atoms with Gasteiger partial charge in [0, 0.05) is 49.7 Å². The molecule has 3 heterocycles. The summed E-state index contributed by atoms with van der Waals surface area (Å²) in [4.78, 5) is 19.3. The van der Waals surface area contributed by atoms with Crippen molar-refractivity contribution in [2.45, 2.75) is 25.0 Å². The number of carbonyl (C=O) groups excluding carboxylic acids is 1. The van der Waals surface area contributed by atoms with Gasteiger partial charge in [-0.3, -0.25) is 9.69 Å². The van der Waals surface area contributed by atoms with Crippen LogP contribution in [-0.2, 0) is 4.79 Å². The number of amides is 1. The van der Waals surface area contributed by atoms with Gasteiger partial charge in [-0.15, -0.1) is 11.8 Å². The second-order valence-corrected chi connectivity index (χ2v) is 10.5. The molecule has 2 aliphatic heterocycles. The molecule has 1 amide bonds. The molecule has 2 aliphatic rings. The summed E-state index contributed by atoms with van der Waals surface area (Å²) in [5, 5.41) is 11.2. The molecule has 0 spiro atoms. The highest BCUT2D eigenvalue weighted by molar-refractivity contribution is 8.01. The third kappa shape index (κ3) is 4.88. The van der Waals surface area contributed by atoms with Crippen molar-refractivity contribution in [3.05, 3.63) is 23.2 Å². The first-order valence-corrected chi connectivity index (χ1v) is 12.8. The molecule has 2 aromatic rings. The first kappa shape index (κ1) is 22.1. The minimum Gasteiger partial charge on any atom is -0.396 e. The maximum absolute atomic E-state index is 12.4. The fourth-order valence-electron chi connectivity index (χ4n) is 4.11. The van der Waals surface area contributed by atoms with Crippen LogP contribution in [-0.4, -0.2) is 82.2 Å². The van der Waals surface area contributed by atoms with Crippen LogP contribution in [0, 0.1) is 5.92 Å². The van der Waals surface area contributed by atoms with E-state index in [0.29, 0.717) is 0 Å². The van der Waals surface area contributed by atoms with E-state index in [2.05, 4.69) is 20.2 Å². The van der Waals surface area contributed by atoms with Crippen LogP contribution < -0.4 is 4.90 Å². The lowest BCUT2D eigenvalue weighted by molar-refractivity contribution is -0.129. The van der Waals surface area contributed by atoms with Gasteiger partial charge in [0.25, 0.3) is 0 Å². The maximum atomic E-state index is 12.4. The Kier molecular flexibility index (Phi) is 7.41. The molecule has 30 heavy (non-hydrogen) atoms. The van der Waals surface area contributed by atoms with Crippen molar-refractivity contribution < 1.29 is 9.90 Å². The van der Waals surface area contributed by atoms with Crippen molar-refractivity contribution in [3.63, 3.8) is 0 Å². The Bertz CT molecular complexity index is 872. The Morgan fingerprint density at radius 3 is 2.77 bits per heavy atom. The van der Waals surface area contributed by atoms with Crippen LogP contribution in [0.3, 0.4) is 0 Å². The van der Waals surface area contributed by atoms with Crippen LogP contribution in [0.5, 0.6) is 0 Å². The second kappa shape index (κ2) is 10.0. The van der Waals surface area contributed by atoms with Crippen LogP contribution in [0.2, 0.25) is 5.02 Å². The Morgan fingerprint density at radius 2 is 2.00 bits per heavy atom. The van der Waals surface area contributed by atoms with Gasteiger partial charge in [-0.25, -0.2) is 0 Å². The molecule has 0 aliphatic carbocycles. The van der Waals surface area contributed by atoms with E-state index in [1.54, 1.807) is 11.8 Å². The molecular weight excluding hydrogens is 440 g/mol. The van der Waals surface area contributed by atoms with Gasteiger partial charge in [-0.2, -0.15) is 4.37 Å². The van der Waals surface area contributed by atoms with Gasteiger partial charge in [-0.1, -0.05) is 18.5 Å². The highest BCUT2D eigenvalue weighted by atomic mass is 35.5. The van der Waals surface area contributed by atoms with Crippen LogP contribution >= 0.6 is 34.9 Å². The first-order chi connectivity index (χ1) is 14.6. The summed E-state index contributed by atoms with van der Waals surface area (Å²) in [5.74, 6) is 2.09. The summed E-state index contributed by atoms with van der Waals surface area (Å²) in [5.41, 5.74) is 0. The van der Waals surface area contributed by atoms with E-state index in [1.807, 2.05) is 24.0 Å². The summed E-state index contributed by atoms with van der Waals surface area (Å²) < 4.78 is 5.82. The van der Waals surface area contributed by atoms with E-state index in [0.717, 1.165) is 73.5 Å². The van der Waals surface area contributed by atoms with Crippen LogP contribution in [0.4, 0.5) is 5.82 Å². The fraction of sp³-hybridized carbons (Fsp3) is 0.619. The molecule has 1 aromatic carbocycles. The average molecular weight is 469 g/mol. The lowest BCUT2D eigenvalue weighted by Gasteiger charge is -2.35. The number of halogens is 1. The van der Waals surface area contributed by atoms with Crippen molar-refractivity contribution in [3.8, 4) is 0 Å². The van der Waals surface area contributed by atoms with Crippen molar-refractivity contribution in [1.82, 2.24) is 14.2 Å². The number of nitrogens with zero attached hydrogens (tertiary/aromatic N) is 4. The topological polar surface area (TPSA) is 59.9 Å². The number of aliphatic hydroxyl groups excluding tert-OH is 1. The molecule has 1 aromatic heterocycles. The van der Waals surface area contributed by atoms with E-state index < -0.39 is 0 Å². The number of hydrogen-bond donors (Lipinski definition) is 1. The molecule has 0 bridgehead atoms. The van der Waals surface area contributed by atoms with Gasteiger partial charge in [0.1, 0.15) is 5.82 Å². The van der Waals surface area contributed by atoms with E-state index in [-0.39, 0.29) is 23.7 Å². The number of carbonyl (C=O) groups is 1. The minimum absolute atomic E-state index is 0.0376. The molecule has 2 saturated heterocycles. The number of hydrogen-bond acceptors (Lipinski definition) is 7. The molecule has 9 heteroatoms. The number of thioether (sulfide) groups is 1. The number of benzene rings is 1. The molecular formula is C21H29ClN4O2S2. The Labute approximate surface area is 191 Å². The van der Waals surface area contributed by atoms with Gasteiger partial charge in [0.15, 0.2) is 0 Å². The Balaban J connectivity index is 1.18. The largest absolute Gasteiger partial charge is 0.396 e. The van der Waals surface area contributed by atoms with Gasteiger partial charge in [0.05, 0.1) is 15.8 Å². The highest BCUT2D eigenvalue weighted by Crippen LogP contribution is 2.32. The number of aromatic nitrogens is 1. The smallest absolute Gasteiger partial charge is 0.236 e. The maximum Gasteiger partial charge on any atom is 0.236 e. The number of piperazine rings is 1. The van der Waals surface area contributed by atoms with Crippen molar-refractivity contribution in [2.75, 3.05) is 56.7 Å². The first-order valence-electron chi connectivity index (χ1n) is 10.6. The van der Waals surface area contributed by atoms with Gasteiger partial charge in [-0.05, 0) is 55.0 Å². The number of rotatable bonds is 8. The van der Waals surface area contributed by atoms with Gasteiger partial charge in [0.2, 0.25) is 5.91 Å². The molecule has 6 nitrogen and oxygen atoms in total. The third-order valence-corrected chi connectivity index (χ3v) is 8.53. The number of anilines is 1. The zero-order valence-corrected chi connectivity index (χ0v) is 19.7. The van der Waals surface area contributed by atoms with Crippen LogP contribution in [0.1, 0.15) is 19.8 Å². The molecule has 0 saturated carbocycles. The number of unbranched alkanes of at least 4 members (excludes halogenated alkanes) is 1. The van der Waals surface area contributed by atoms with Crippen molar-refractivity contribution in [2.24, 2.45) is 5.92 Å². The van der Waals surface area contributed by atoms with Gasteiger partial charge < -0.3 is 14.9 Å². The SMILES string of the molecule is CC(CO)C1SCN(CCCCN2CCN(c3nsc4cc(Cl)ccc34)CC2)C1=O. The summed E-state index contributed by atoms with van der Waals surface area (Å²) in [6.07, 6.45) is 2.14.